The van der Waals surface area contributed by atoms with Gasteiger partial charge in [0, 0.05) is 19.5 Å². The van der Waals surface area contributed by atoms with Gasteiger partial charge in [0.2, 0.25) is 10.0 Å². The molecular formula is C22H24F3NO5S. The van der Waals surface area contributed by atoms with Crippen LogP contribution in [0.1, 0.15) is 24.0 Å². The van der Waals surface area contributed by atoms with E-state index in [1.54, 1.807) is 0 Å². The van der Waals surface area contributed by atoms with Crippen LogP contribution in [0.25, 0.3) is 0 Å². The van der Waals surface area contributed by atoms with Crippen molar-refractivity contribution in [1.29, 1.82) is 0 Å². The molecule has 0 amide bonds. The molecule has 0 radical (unpaired) electrons. The van der Waals surface area contributed by atoms with E-state index in [2.05, 4.69) is 4.74 Å². The van der Waals surface area contributed by atoms with Gasteiger partial charge in [0.25, 0.3) is 0 Å². The SMILES string of the molecule is Cc1ccc(CC(=O)COC2CCN(S(=O)(=O)c3ccc(OC(F)(F)F)cc3)CC2)cc1. The number of hydrogen-bond acceptors (Lipinski definition) is 5. The van der Waals surface area contributed by atoms with Crippen molar-refractivity contribution in [3.8, 4) is 5.75 Å². The van der Waals surface area contributed by atoms with Crippen LogP contribution in [0.15, 0.2) is 53.4 Å². The first-order valence-electron chi connectivity index (χ1n) is 10.1. The summed E-state index contributed by atoms with van der Waals surface area (Å²) in [5, 5.41) is 0. The lowest BCUT2D eigenvalue weighted by Gasteiger charge is -2.31. The molecule has 1 aliphatic rings. The molecule has 0 aromatic heterocycles. The number of benzene rings is 2. The highest BCUT2D eigenvalue weighted by atomic mass is 32.2. The number of carbonyl (C=O) groups is 1. The fraction of sp³-hybridized carbons (Fsp3) is 0.409. The third kappa shape index (κ3) is 6.78. The van der Waals surface area contributed by atoms with Gasteiger partial charge in [0.15, 0.2) is 5.78 Å². The number of rotatable bonds is 8. The van der Waals surface area contributed by atoms with Gasteiger partial charge in [-0.3, -0.25) is 4.79 Å². The van der Waals surface area contributed by atoms with Gasteiger partial charge in [0.1, 0.15) is 12.4 Å². The number of hydrogen-bond donors (Lipinski definition) is 0. The number of ketones is 1. The van der Waals surface area contributed by atoms with Crippen molar-refractivity contribution in [3.05, 3.63) is 59.7 Å². The largest absolute Gasteiger partial charge is 0.573 e. The quantitative estimate of drug-likeness (QED) is 0.585. The second kappa shape index (κ2) is 10.0. The van der Waals surface area contributed by atoms with Crippen LogP contribution in [0.5, 0.6) is 5.75 Å². The summed E-state index contributed by atoms with van der Waals surface area (Å²) in [4.78, 5) is 12.0. The highest BCUT2D eigenvalue weighted by Crippen LogP contribution is 2.26. The molecule has 0 bridgehead atoms. The first kappa shape index (κ1) is 24.2. The van der Waals surface area contributed by atoms with Gasteiger partial charge in [-0.2, -0.15) is 4.31 Å². The zero-order valence-corrected chi connectivity index (χ0v) is 18.3. The van der Waals surface area contributed by atoms with E-state index >= 15 is 0 Å². The number of ether oxygens (including phenoxy) is 2. The monoisotopic (exact) mass is 471 g/mol. The third-order valence-corrected chi connectivity index (χ3v) is 7.01. The van der Waals surface area contributed by atoms with Crippen LogP contribution in [0.2, 0.25) is 0 Å². The average Bonchev–Trinajstić information content (AvgIpc) is 2.73. The number of Topliss-reactive ketones (excluding diaryl/α,β-unsaturated/α-hetero) is 1. The zero-order chi connectivity index (χ0) is 23.4. The summed E-state index contributed by atoms with van der Waals surface area (Å²) in [6.07, 6.45) is -3.95. The Bertz CT molecular complexity index is 1010. The van der Waals surface area contributed by atoms with E-state index < -0.39 is 22.1 Å². The molecule has 0 atom stereocenters. The van der Waals surface area contributed by atoms with Crippen molar-refractivity contribution < 1.29 is 35.9 Å². The molecule has 3 rings (SSSR count). The van der Waals surface area contributed by atoms with Crippen molar-refractivity contribution in [2.45, 2.75) is 43.5 Å². The Hall–Kier alpha value is -2.43. The van der Waals surface area contributed by atoms with Crippen LogP contribution in [0.4, 0.5) is 13.2 Å². The van der Waals surface area contributed by atoms with Crippen LogP contribution >= 0.6 is 0 Å². The molecule has 1 fully saturated rings. The van der Waals surface area contributed by atoms with E-state index in [1.165, 1.54) is 4.31 Å². The number of carbonyl (C=O) groups excluding carboxylic acids is 1. The van der Waals surface area contributed by atoms with E-state index in [9.17, 15) is 26.4 Å². The van der Waals surface area contributed by atoms with Gasteiger partial charge in [-0.15, -0.1) is 13.2 Å². The second-order valence-corrected chi connectivity index (χ2v) is 9.57. The van der Waals surface area contributed by atoms with E-state index in [1.807, 2.05) is 31.2 Å². The first-order chi connectivity index (χ1) is 15.0. The molecule has 6 nitrogen and oxygen atoms in total. The lowest BCUT2D eigenvalue weighted by molar-refractivity contribution is -0.274. The fourth-order valence-corrected chi connectivity index (χ4v) is 4.87. The van der Waals surface area contributed by atoms with Gasteiger partial charge in [-0.05, 0) is 49.6 Å². The Morgan fingerprint density at radius 1 is 1.03 bits per heavy atom. The standard InChI is InChI=1S/C22H24F3NO5S/c1-16-2-4-17(5-3-16)14-18(27)15-30-19-10-12-26(13-11-19)32(28,29)21-8-6-20(7-9-21)31-22(23,24)25/h2-9,19H,10-15H2,1H3. The van der Waals surface area contributed by atoms with E-state index in [0.29, 0.717) is 12.8 Å². The topological polar surface area (TPSA) is 72.9 Å². The molecule has 2 aromatic carbocycles. The molecular weight excluding hydrogens is 447 g/mol. The van der Waals surface area contributed by atoms with Crippen LogP contribution in [-0.2, 0) is 26.0 Å². The number of alkyl halides is 3. The molecule has 0 saturated carbocycles. The minimum Gasteiger partial charge on any atom is -0.406 e. The molecule has 32 heavy (non-hydrogen) atoms. The Morgan fingerprint density at radius 2 is 1.62 bits per heavy atom. The summed E-state index contributed by atoms with van der Waals surface area (Å²) in [5.74, 6) is -0.538. The van der Waals surface area contributed by atoms with E-state index in [4.69, 9.17) is 4.74 Å². The zero-order valence-electron chi connectivity index (χ0n) is 17.5. The summed E-state index contributed by atoms with van der Waals surface area (Å²) in [7, 11) is -3.85. The van der Waals surface area contributed by atoms with Crippen LogP contribution < -0.4 is 4.74 Å². The lowest BCUT2D eigenvalue weighted by Crippen LogP contribution is -2.41. The summed E-state index contributed by atoms with van der Waals surface area (Å²) >= 11 is 0. The maximum Gasteiger partial charge on any atom is 0.573 e. The maximum atomic E-state index is 12.8. The molecule has 2 aromatic rings. The molecule has 174 valence electrons. The Kier molecular flexibility index (Phi) is 7.58. The highest BCUT2D eigenvalue weighted by Gasteiger charge is 2.32. The molecule has 0 unspecified atom stereocenters. The van der Waals surface area contributed by atoms with E-state index in [-0.39, 0.29) is 42.9 Å². The summed E-state index contributed by atoms with van der Waals surface area (Å²) in [6.45, 7) is 2.32. The third-order valence-electron chi connectivity index (χ3n) is 5.10. The Morgan fingerprint density at radius 3 is 2.19 bits per heavy atom. The number of halogens is 3. The molecule has 1 heterocycles. The van der Waals surface area contributed by atoms with Crippen LogP contribution in [0.3, 0.4) is 0 Å². The molecule has 1 saturated heterocycles. The molecule has 0 N–H and O–H groups in total. The number of nitrogens with zero attached hydrogens (tertiary/aromatic N) is 1. The van der Waals surface area contributed by atoms with Crippen molar-refractivity contribution in [1.82, 2.24) is 4.31 Å². The fourth-order valence-electron chi connectivity index (χ4n) is 3.40. The van der Waals surface area contributed by atoms with Crippen LogP contribution in [0, 0.1) is 6.92 Å². The van der Waals surface area contributed by atoms with Crippen molar-refractivity contribution in [2.24, 2.45) is 0 Å². The summed E-state index contributed by atoms with van der Waals surface area (Å²) < 4.78 is 73.0. The average molecular weight is 471 g/mol. The van der Waals surface area contributed by atoms with Gasteiger partial charge >= 0.3 is 6.36 Å². The summed E-state index contributed by atoms with van der Waals surface area (Å²) in [5.41, 5.74) is 2.03. The highest BCUT2D eigenvalue weighted by molar-refractivity contribution is 7.89. The van der Waals surface area contributed by atoms with Crippen molar-refractivity contribution in [2.75, 3.05) is 19.7 Å². The first-order valence-corrected chi connectivity index (χ1v) is 11.5. The normalized spacial score (nSPS) is 16.1. The predicted octanol–water partition coefficient (Wildman–Crippen LogP) is 3.88. The molecule has 0 spiro atoms. The predicted molar refractivity (Wildman–Crippen MR) is 111 cm³/mol. The van der Waals surface area contributed by atoms with Gasteiger partial charge < -0.3 is 9.47 Å². The van der Waals surface area contributed by atoms with Crippen LogP contribution in [-0.4, -0.2) is 50.7 Å². The number of sulfonamides is 1. The lowest BCUT2D eigenvalue weighted by atomic mass is 10.1. The Balaban J connectivity index is 1.48. The minimum absolute atomic E-state index is 0.0358. The smallest absolute Gasteiger partial charge is 0.406 e. The van der Waals surface area contributed by atoms with Gasteiger partial charge in [-0.1, -0.05) is 29.8 Å². The summed E-state index contributed by atoms with van der Waals surface area (Å²) in [6, 6.07) is 11.8. The number of aryl methyl sites for hydroxylation is 1. The molecule has 1 aliphatic heterocycles. The maximum absolute atomic E-state index is 12.8. The molecule has 0 aliphatic carbocycles. The van der Waals surface area contributed by atoms with Crippen molar-refractivity contribution >= 4 is 15.8 Å². The molecule has 10 heteroatoms. The Labute approximate surface area is 185 Å². The van der Waals surface area contributed by atoms with Gasteiger partial charge in [-0.25, -0.2) is 8.42 Å². The second-order valence-electron chi connectivity index (χ2n) is 7.63. The van der Waals surface area contributed by atoms with Crippen molar-refractivity contribution in [3.63, 3.8) is 0 Å². The van der Waals surface area contributed by atoms with E-state index in [0.717, 1.165) is 35.4 Å². The van der Waals surface area contributed by atoms with Gasteiger partial charge in [0.05, 0.1) is 11.0 Å². The minimum atomic E-state index is -4.84. The number of piperidine rings is 1.